The minimum absolute atomic E-state index is 0.800. The number of methoxy groups -OCH3 is 1. The molecule has 1 aliphatic rings. The van der Waals surface area contributed by atoms with Crippen molar-refractivity contribution >= 4 is 5.82 Å². The van der Waals surface area contributed by atoms with Crippen LogP contribution in [0.4, 0.5) is 5.82 Å². The van der Waals surface area contributed by atoms with Crippen LogP contribution in [0, 0.1) is 0 Å². The fourth-order valence-corrected chi connectivity index (χ4v) is 2.20. The summed E-state index contributed by atoms with van der Waals surface area (Å²) >= 11 is 0. The zero-order valence-electron chi connectivity index (χ0n) is 11.9. The molecule has 1 N–H and O–H groups in total. The summed E-state index contributed by atoms with van der Waals surface area (Å²) in [6.45, 7) is 0. The van der Waals surface area contributed by atoms with Gasteiger partial charge >= 0.3 is 0 Å². The van der Waals surface area contributed by atoms with Gasteiger partial charge in [-0.2, -0.15) is 0 Å². The van der Waals surface area contributed by atoms with Crippen molar-refractivity contribution in [3.8, 4) is 17.0 Å². The summed E-state index contributed by atoms with van der Waals surface area (Å²) in [6.07, 6.45) is 10.2. The maximum absolute atomic E-state index is 5.17. The largest absolute Gasteiger partial charge is 0.497 e. The molecule has 0 aliphatic heterocycles. The van der Waals surface area contributed by atoms with Crippen molar-refractivity contribution in [1.29, 1.82) is 0 Å². The Balaban J connectivity index is 1.81. The molecule has 4 nitrogen and oxygen atoms in total. The summed E-state index contributed by atoms with van der Waals surface area (Å²) in [5, 5.41) is 3.31. The van der Waals surface area contributed by atoms with Crippen molar-refractivity contribution in [2.24, 2.45) is 0 Å². The average Bonchev–Trinajstić information content (AvgIpc) is 2.56. The molecule has 21 heavy (non-hydrogen) atoms. The number of nitrogens with one attached hydrogen (secondary N) is 1. The number of benzene rings is 1. The second-order valence-corrected chi connectivity index (χ2v) is 4.78. The van der Waals surface area contributed by atoms with Gasteiger partial charge in [-0.1, -0.05) is 12.2 Å². The Labute approximate surface area is 124 Å². The first-order chi connectivity index (χ1) is 10.3. The van der Waals surface area contributed by atoms with Crippen LogP contribution in [-0.4, -0.2) is 17.1 Å². The molecule has 0 atom stereocenters. The van der Waals surface area contributed by atoms with E-state index in [1.165, 1.54) is 0 Å². The molecule has 4 heteroatoms. The second kappa shape index (κ2) is 6.22. The first kappa shape index (κ1) is 13.4. The molecule has 1 heterocycles. The van der Waals surface area contributed by atoms with Gasteiger partial charge in [-0.15, -0.1) is 0 Å². The lowest BCUT2D eigenvalue weighted by atomic mass is 10.1. The summed E-state index contributed by atoms with van der Waals surface area (Å²) in [7, 11) is 1.66. The van der Waals surface area contributed by atoms with E-state index in [9.17, 15) is 0 Å². The molecule has 0 amide bonds. The Bertz CT molecular complexity index is 675. The quantitative estimate of drug-likeness (QED) is 0.924. The zero-order chi connectivity index (χ0) is 14.5. The molecule has 0 saturated heterocycles. The van der Waals surface area contributed by atoms with E-state index < -0.39 is 0 Å². The van der Waals surface area contributed by atoms with E-state index in [0.717, 1.165) is 41.4 Å². The topological polar surface area (TPSA) is 47.0 Å². The van der Waals surface area contributed by atoms with E-state index in [1.807, 2.05) is 30.3 Å². The molecule has 0 spiro atoms. The Morgan fingerprint density at radius 1 is 1.10 bits per heavy atom. The molecule has 1 aromatic heterocycles. The summed E-state index contributed by atoms with van der Waals surface area (Å²) in [5.41, 5.74) is 3.01. The number of allylic oxidation sites excluding steroid dienone is 3. The summed E-state index contributed by atoms with van der Waals surface area (Å²) in [4.78, 5) is 8.60. The van der Waals surface area contributed by atoms with Crippen LogP contribution in [0.5, 0.6) is 5.75 Å². The Kier molecular flexibility index (Phi) is 3.96. The van der Waals surface area contributed by atoms with E-state index in [1.54, 1.807) is 13.4 Å². The molecule has 0 unspecified atom stereocenters. The van der Waals surface area contributed by atoms with Crippen LogP contribution in [-0.2, 0) is 0 Å². The fraction of sp³-hybridized carbons (Fsp3) is 0.176. The number of ether oxygens (including phenoxy) is 1. The van der Waals surface area contributed by atoms with Crippen LogP contribution >= 0.6 is 0 Å². The molecule has 0 radical (unpaired) electrons. The standard InChI is InChI=1S/C17H17N3O/c1-21-15-9-7-13(8-10-15)16-11-17(19-12-18-16)20-14-5-3-2-4-6-14/h3,5-12H,2,4H2,1H3,(H,18,19,20). The van der Waals surface area contributed by atoms with Crippen molar-refractivity contribution in [3.63, 3.8) is 0 Å². The normalized spacial score (nSPS) is 13.7. The third-order valence-electron chi connectivity index (χ3n) is 3.32. The summed E-state index contributed by atoms with van der Waals surface area (Å²) < 4.78 is 5.17. The molecule has 1 aliphatic carbocycles. The van der Waals surface area contributed by atoms with Crippen LogP contribution in [0.2, 0.25) is 0 Å². The highest BCUT2D eigenvalue weighted by molar-refractivity contribution is 5.63. The van der Waals surface area contributed by atoms with Gasteiger partial charge in [0.2, 0.25) is 0 Å². The van der Waals surface area contributed by atoms with E-state index >= 15 is 0 Å². The monoisotopic (exact) mass is 279 g/mol. The van der Waals surface area contributed by atoms with Gasteiger partial charge in [0.25, 0.3) is 0 Å². The maximum Gasteiger partial charge on any atom is 0.134 e. The number of aromatic nitrogens is 2. The van der Waals surface area contributed by atoms with E-state index in [4.69, 9.17) is 4.74 Å². The average molecular weight is 279 g/mol. The zero-order valence-corrected chi connectivity index (χ0v) is 11.9. The first-order valence-electron chi connectivity index (χ1n) is 6.95. The van der Waals surface area contributed by atoms with Crippen LogP contribution in [0.25, 0.3) is 11.3 Å². The SMILES string of the molecule is COc1ccc(-c2cc(NC3=CCCC=C3)ncn2)cc1. The van der Waals surface area contributed by atoms with Crippen molar-refractivity contribution in [2.75, 3.05) is 12.4 Å². The van der Waals surface area contributed by atoms with Gasteiger partial charge in [0.1, 0.15) is 17.9 Å². The molecule has 0 bridgehead atoms. The maximum atomic E-state index is 5.17. The lowest BCUT2D eigenvalue weighted by Gasteiger charge is -2.10. The lowest BCUT2D eigenvalue weighted by Crippen LogP contribution is -2.01. The van der Waals surface area contributed by atoms with Crippen molar-refractivity contribution in [1.82, 2.24) is 9.97 Å². The van der Waals surface area contributed by atoms with E-state index in [2.05, 4.69) is 33.5 Å². The van der Waals surface area contributed by atoms with Gasteiger partial charge in [0, 0.05) is 17.3 Å². The van der Waals surface area contributed by atoms with Gasteiger partial charge in [0.05, 0.1) is 12.8 Å². The number of nitrogens with zero attached hydrogens (tertiary/aromatic N) is 2. The highest BCUT2D eigenvalue weighted by atomic mass is 16.5. The number of hydrogen-bond acceptors (Lipinski definition) is 4. The molecular weight excluding hydrogens is 262 g/mol. The molecule has 106 valence electrons. The minimum Gasteiger partial charge on any atom is -0.497 e. The predicted molar refractivity (Wildman–Crippen MR) is 84.1 cm³/mol. The minimum atomic E-state index is 0.800. The molecule has 2 aromatic rings. The van der Waals surface area contributed by atoms with Gasteiger partial charge in [-0.3, -0.25) is 0 Å². The Morgan fingerprint density at radius 2 is 1.95 bits per heavy atom. The van der Waals surface area contributed by atoms with Crippen molar-refractivity contribution in [3.05, 3.63) is 60.6 Å². The lowest BCUT2D eigenvalue weighted by molar-refractivity contribution is 0.415. The molecule has 1 aromatic carbocycles. The summed E-state index contributed by atoms with van der Waals surface area (Å²) in [5.74, 6) is 1.64. The van der Waals surface area contributed by atoms with Crippen LogP contribution in [0.15, 0.2) is 60.6 Å². The predicted octanol–water partition coefficient (Wildman–Crippen LogP) is 3.80. The Morgan fingerprint density at radius 3 is 2.67 bits per heavy atom. The molecular formula is C17H17N3O. The van der Waals surface area contributed by atoms with Crippen LogP contribution < -0.4 is 10.1 Å². The number of anilines is 1. The van der Waals surface area contributed by atoms with Gasteiger partial charge in [0.15, 0.2) is 0 Å². The highest BCUT2D eigenvalue weighted by Crippen LogP contribution is 2.22. The van der Waals surface area contributed by atoms with Gasteiger partial charge < -0.3 is 10.1 Å². The second-order valence-electron chi connectivity index (χ2n) is 4.78. The third-order valence-corrected chi connectivity index (χ3v) is 3.32. The van der Waals surface area contributed by atoms with Gasteiger partial charge in [-0.25, -0.2) is 9.97 Å². The number of hydrogen-bond donors (Lipinski definition) is 1. The smallest absolute Gasteiger partial charge is 0.134 e. The van der Waals surface area contributed by atoms with Crippen LogP contribution in [0.3, 0.4) is 0 Å². The number of rotatable bonds is 4. The first-order valence-corrected chi connectivity index (χ1v) is 6.95. The third kappa shape index (κ3) is 3.28. The van der Waals surface area contributed by atoms with Crippen molar-refractivity contribution in [2.45, 2.75) is 12.8 Å². The molecule has 0 fully saturated rings. The van der Waals surface area contributed by atoms with Crippen molar-refractivity contribution < 1.29 is 4.74 Å². The fourth-order valence-electron chi connectivity index (χ4n) is 2.20. The Hall–Kier alpha value is -2.62. The molecule has 3 rings (SSSR count). The van der Waals surface area contributed by atoms with E-state index in [0.29, 0.717) is 0 Å². The van der Waals surface area contributed by atoms with Gasteiger partial charge in [-0.05, 0) is 43.2 Å². The summed E-state index contributed by atoms with van der Waals surface area (Å²) in [6, 6.07) is 9.79. The molecule has 0 saturated carbocycles. The van der Waals surface area contributed by atoms with Crippen LogP contribution in [0.1, 0.15) is 12.8 Å². The highest BCUT2D eigenvalue weighted by Gasteiger charge is 2.04. The van der Waals surface area contributed by atoms with E-state index in [-0.39, 0.29) is 0 Å².